The first-order chi connectivity index (χ1) is 10.5. The number of hydrogen-bond acceptors (Lipinski definition) is 2. The van der Waals surface area contributed by atoms with Crippen molar-refractivity contribution in [3.63, 3.8) is 0 Å². The summed E-state index contributed by atoms with van der Waals surface area (Å²) < 4.78 is 13.8. The monoisotopic (exact) mass is 370 g/mol. The number of unbranched alkanes of at least 4 members (excludes halogenated alkanes) is 1. The lowest BCUT2D eigenvalue weighted by molar-refractivity contribution is 0.0951. The van der Waals surface area contributed by atoms with Crippen LogP contribution in [0.15, 0.2) is 22.7 Å². The van der Waals surface area contributed by atoms with Crippen molar-refractivity contribution in [3.05, 3.63) is 34.1 Å². The lowest BCUT2D eigenvalue weighted by atomic mass is 9.99. The molecule has 22 heavy (non-hydrogen) atoms. The molecule has 1 saturated heterocycles. The van der Waals surface area contributed by atoms with Crippen molar-refractivity contribution in [3.8, 4) is 0 Å². The highest BCUT2D eigenvalue weighted by atomic mass is 79.9. The molecule has 0 spiro atoms. The lowest BCUT2D eigenvalue weighted by Gasteiger charge is -2.30. The first-order valence-corrected chi connectivity index (χ1v) is 8.80. The summed E-state index contributed by atoms with van der Waals surface area (Å²) in [6, 6.07) is 4.23. The SMILES string of the molecule is CC1CCN(CCCCNC(=O)c2cc(F)cc(Br)c2)CC1. The number of nitrogens with zero attached hydrogens (tertiary/aromatic N) is 1. The minimum absolute atomic E-state index is 0.216. The number of amides is 1. The van der Waals surface area contributed by atoms with Crippen LogP contribution in [0.4, 0.5) is 4.39 Å². The number of benzene rings is 1. The number of carbonyl (C=O) groups excluding carboxylic acids is 1. The Morgan fingerprint density at radius 3 is 2.73 bits per heavy atom. The number of likely N-dealkylation sites (tertiary alicyclic amines) is 1. The maximum absolute atomic E-state index is 13.2. The van der Waals surface area contributed by atoms with Gasteiger partial charge in [-0.15, -0.1) is 0 Å². The van der Waals surface area contributed by atoms with Gasteiger partial charge in [0.05, 0.1) is 0 Å². The van der Waals surface area contributed by atoms with E-state index in [-0.39, 0.29) is 5.91 Å². The van der Waals surface area contributed by atoms with Gasteiger partial charge in [0.15, 0.2) is 0 Å². The summed E-state index contributed by atoms with van der Waals surface area (Å²) in [5.41, 5.74) is 0.358. The van der Waals surface area contributed by atoms with Gasteiger partial charge in [0.25, 0.3) is 5.91 Å². The van der Waals surface area contributed by atoms with Crippen LogP contribution in [0.25, 0.3) is 0 Å². The van der Waals surface area contributed by atoms with Gasteiger partial charge in [0, 0.05) is 16.6 Å². The maximum Gasteiger partial charge on any atom is 0.251 e. The molecule has 1 fully saturated rings. The molecule has 0 aliphatic carbocycles. The van der Waals surface area contributed by atoms with Crippen LogP contribution in [0.3, 0.4) is 0 Å². The van der Waals surface area contributed by atoms with Gasteiger partial charge < -0.3 is 10.2 Å². The highest BCUT2D eigenvalue weighted by Gasteiger charge is 2.14. The van der Waals surface area contributed by atoms with E-state index in [1.165, 1.54) is 38.1 Å². The molecule has 0 bridgehead atoms. The molecule has 1 N–H and O–H groups in total. The Labute approximate surface area is 140 Å². The van der Waals surface area contributed by atoms with E-state index < -0.39 is 5.82 Å². The van der Waals surface area contributed by atoms with Gasteiger partial charge in [-0.2, -0.15) is 0 Å². The average molecular weight is 371 g/mol. The molecule has 122 valence electrons. The molecule has 0 saturated carbocycles. The van der Waals surface area contributed by atoms with Crippen molar-refractivity contribution in [1.29, 1.82) is 0 Å². The highest BCUT2D eigenvalue weighted by molar-refractivity contribution is 9.10. The van der Waals surface area contributed by atoms with Crippen LogP contribution < -0.4 is 5.32 Å². The van der Waals surface area contributed by atoms with Crippen molar-refractivity contribution >= 4 is 21.8 Å². The Morgan fingerprint density at radius 1 is 1.32 bits per heavy atom. The number of rotatable bonds is 6. The van der Waals surface area contributed by atoms with Crippen LogP contribution in [0.5, 0.6) is 0 Å². The van der Waals surface area contributed by atoms with E-state index in [2.05, 4.69) is 33.1 Å². The topological polar surface area (TPSA) is 32.3 Å². The molecule has 0 unspecified atom stereocenters. The van der Waals surface area contributed by atoms with Crippen molar-refractivity contribution in [2.75, 3.05) is 26.2 Å². The second-order valence-corrected chi connectivity index (χ2v) is 7.06. The third-order valence-electron chi connectivity index (χ3n) is 4.19. The number of carbonyl (C=O) groups is 1. The normalized spacial score (nSPS) is 16.7. The molecule has 1 aromatic rings. The van der Waals surface area contributed by atoms with Crippen LogP contribution >= 0.6 is 15.9 Å². The first kappa shape index (κ1) is 17.4. The van der Waals surface area contributed by atoms with Gasteiger partial charge in [-0.1, -0.05) is 22.9 Å². The summed E-state index contributed by atoms with van der Waals surface area (Å²) in [5, 5.41) is 2.85. The molecule has 5 heteroatoms. The smallest absolute Gasteiger partial charge is 0.251 e. The molecule has 1 amide bonds. The standard InChI is InChI=1S/C17H24BrFN2O/c1-13-4-8-21(9-5-13)7-3-2-6-20-17(22)14-10-15(18)12-16(19)11-14/h10-13H,2-9H2,1H3,(H,20,22). The largest absolute Gasteiger partial charge is 0.352 e. The van der Waals surface area contributed by atoms with Gasteiger partial charge in [-0.05, 0) is 69.4 Å². The third kappa shape index (κ3) is 5.69. The van der Waals surface area contributed by atoms with Crippen LogP contribution in [0, 0.1) is 11.7 Å². The molecular formula is C17H24BrFN2O. The molecule has 0 atom stereocenters. The van der Waals surface area contributed by atoms with Gasteiger partial charge in [0.1, 0.15) is 5.82 Å². The van der Waals surface area contributed by atoms with E-state index in [4.69, 9.17) is 0 Å². The summed E-state index contributed by atoms with van der Waals surface area (Å²) in [5.74, 6) is 0.243. The molecule has 1 aliphatic heterocycles. The highest BCUT2D eigenvalue weighted by Crippen LogP contribution is 2.16. The van der Waals surface area contributed by atoms with E-state index in [0.29, 0.717) is 16.6 Å². The zero-order chi connectivity index (χ0) is 15.9. The van der Waals surface area contributed by atoms with Crippen LogP contribution in [0.1, 0.15) is 43.0 Å². The summed E-state index contributed by atoms with van der Waals surface area (Å²) in [7, 11) is 0. The molecular weight excluding hydrogens is 347 g/mol. The van der Waals surface area contributed by atoms with E-state index >= 15 is 0 Å². The summed E-state index contributed by atoms with van der Waals surface area (Å²) in [6.45, 7) is 6.46. The zero-order valence-electron chi connectivity index (χ0n) is 13.1. The maximum atomic E-state index is 13.2. The quantitative estimate of drug-likeness (QED) is 0.771. The molecule has 1 aliphatic rings. The Kier molecular flexibility index (Phi) is 6.83. The predicted octanol–water partition coefficient (Wildman–Crippen LogP) is 3.83. The summed E-state index contributed by atoms with van der Waals surface area (Å²) in [6.07, 6.45) is 4.63. The van der Waals surface area contributed by atoms with Gasteiger partial charge >= 0.3 is 0 Å². The number of halogens is 2. The molecule has 0 radical (unpaired) electrons. The van der Waals surface area contributed by atoms with Gasteiger partial charge in [-0.3, -0.25) is 4.79 Å². The molecule has 1 heterocycles. The second kappa shape index (κ2) is 8.63. The Morgan fingerprint density at radius 2 is 2.05 bits per heavy atom. The lowest BCUT2D eigenvalue weighted by Crippen LogP contribution is -2.34. The molecule has 1 aromatic carbocycles. The fourth-order valence-electron chi connectivity index (χ4n) is 2.73. The van der Waals surface area contributed by atoms with Crippen LogP contribution in [-0.2, 0) is 0 Å². The summed E-state index contributed by atoms with van der Waals surface area (Å²) in [4.78, 5) is 14.4. The fraction of sp³-hybridized carbons (Fsp3) is 0.588. The third-order valence-corrected chi connectivity index (χ3v) is 4.65. The Hall–Kier alpha value is -0.940. The number of hydrogen-bond donors (Lipinski definition) is 1. The average Bonchev–Trinajstić information content (AvgIpc) is 2.47. The number of piperidine rings is 1. The van der Waals surface area contributed by atoms with Crippen molar-refractivity contribution in [1.82, 2.24) is 10.2 Å². The van der Waals surface area contributed by atoms with Crippen LogP contribution in [-0.4, -0.2) is 37.0 Å². The van der Waals surface area contributed by atoms with Crippen molar-refractivity contribution < 1.29 is 9.18 Å². The minimum atomic E-state index is -0.404. The second-order valence-electron chi connectivity index (χ2n) is 6.15. The van der Waals surface area contributed by atoms with Gasteiger partial charge in [-0.25, -0.2) is 4.39 Å². The Bertz CT molecular complexity index is 481. The van der Waals surface area contributed by atoms with Crippen molar-refractivity contribution in [2.45, 2.75) is 32.6 Å². The summed E-state index contributed by atoms with van der Waals surface area (Å²) >= 11 is 3.20. The number of nitrogens with one attached hydrogen (secondary N) is 1. The molecule has 2 rings (SSSR count). The minimum Gasteiger partial charge on any atom is -0.352 e. The van der Waals surface area contributed by atoms with E-state index in [0.717, 1.165) is 25.3 Å². The van der Waals surface area contributed by atoms with E-state index in [1.807, 2.05) is 0 Å². The van der Waals surface area contributed by atoms with E-state index in [1.54, 1.807) is 6.07 Å². The predicted molar refractivity (Wildman–Crippen MR) is 90.5 cm³/mol. The Balaban J connectivity index is 1.63. The molecule has 0 aromatic heterocycles. The zero-order valence-corrected chi connectivity index (χ0v) is 14.7. The van der Waals surface area contributed by atoms with Crippen LogP contribution in [0.2, 0.25) is 0 Å². The fourth-order valence-corrected chi connectivity index (χ4v) is 3.20. The van der Waals surface area contributed by atoms with Crippen molar-refractivity contribution in [2.24, 2.45) is 5.92 Å². The molecule has 3 nitrogen and oxygen atoms in total. The van der Waals surface area contributed by atoms with Gasteiger partial charge in [0.2, 0.25) is 0 Å². The first-order valence-electron chi connectivity index (χ1n) is 8.01. The van der Waals surface area contributed by atoms with E-state index in [9.17, 15) is 9.18 Å².